The highest BCUT2D eigenvalue weighted by molar-refractivity contribution is 6.15. The first-order chi connectivity index (χ1) is 12.0. The van der Waals surface area contributed by atoms with Crippen molar-refractivity contribution in [1.82, 2.24) is 0 Å². The van der Waals surface area contributed by atoms with Crippen molar-refractivity contribution in [2.75, 3.05) is 18.5 Å². The molecule has 1 rings (SSSR count). The first kappa shape index (κ1) is 20.7. The number of anilines is 1. The van der Waals surface area contributed by atoms with Crippen molar-refractivity contribution >= 4 is 23.3 Å². The van der Waals surface area contributed by atoms with Crippen molar-refractivity contribution in [2.24, 2.45) is 5.92 Å². The molecule has 5 nitrogen and oxygen atoms in total. The van der Waals surface area contributed by atoms with Gasteiger partial charge in [-0.25, -0.2) is 9.59 Å². The summed E-state index contributed by atoms with van der Waals surface area (Å²) in [5, 5.41) is 2.69. The predicted molar refractivity (Wildman–Crippen MR) is 100 cm³/mol. The summed E-state index contributed by atoms with van der Waals surface area (Å²) >= 11 is 0. The number of ether oxygens (including phenoxy) is 2. The van der Waals surface area contributed by atoms with Gasteiger partial charge in [0, 0.05) is 5.69 Å². The van der Waals surface area contributed by atoms with E-state index in [0.717, 1.165) is 25.7 Å². The van der Waals surface area contributed by atoms with Gasteiger partial charge in [-0.15, -0.1) is 0 Å². The van der Waals surface area contributed by atoms with E-state index < -0.39 is 12.1 Å². The van der Waals surface area contributed by atoms with Crippen LogP contribution in [0.2, 0.25) is 0 Å². The topological polar surface area (TPSA) is 64.6 Å². The summed E-state index contributed by atoms with van der Waals surface area (Å²) in [7, 11) is 0. The standard InChI is InChI=1S/C20H29NO4/c1-5-8-9-16(6-2)14-25-20(23)21-18-12-10-17(11-13-18)15(4)19(22)24-7-3/h10-13,16H,4-9,14H2,1-3H3,(H,21,23). The Balaban J connectivity index is 2.50. The minimum Gasteiger partial charge on any atom is -0.462 e. The van der Waals surface area contributed by atoms with Crippen LogP contribution in [0, 0.1) is 5.92 Å². The molecule has 0 bridgehead atoms. The second-order valence-electron chi connectivity index (χ2n) is 5.92. The van der Waals surface area contributed by atoms with Crippen LogP contribution >= 0.6 is 0 Å². The Morgan fingerprint density at radius 3 is 2.36 bits per heavy atom. The number of carbonyl (C=O) groups is 2. The smallest absolute Gasteiger partial charge is 0.411 e. The van der Waals surface area contributed by atoms with Gasteiger partial charge in [-0.1, -0.05) is 51.8 Å². The maximum Gasteiger partial charge on any atom is 0.411 e. The summed E-state index contributed by atoms with van der Waals surface area (Å²) in [6.07, 6.45) is 3.90. The van der Waals surface area contributed by atoms with Crippen LogP contribution in [-0.2, 0) is 14.3 Å². The number of benzene rings is 1. The second-order valence-corrected chi connectivity index (χ2v) is 5.92. The number of esters is 1. The third-order valence-electron chi connectivity index (χ3n) is 3.99. The van der Waals surface area contributed by atoms with Gasteiger partial charge in [-0.05, 0) is 37.0 Å². The van der Waals surface area contributed by atoms with Gasteiger partial charge in [0.2, 0.25) is 0 Å². The molecule has 0 heterocycles. The minimum absolute atomic E-state index is 0.290. The van der Waals surface area contributed by atoms with Gasteiger partial charge in [0.15, 0.2) is 0 Å². The van der Waals surface area contributed by atoms with Crippen molar-refractivity contribution in [3.05, 3.63) is 36.4 Å². The largest absolute Gasteiger partial charge is 0.462 e. The van der Waals surface area contributed by atoms with E-state index in [1.54, 1.807) is 31.2 Å². The SMILES string of the molecule is C=C(C(=O)OCC)c1ccc(NC(=O)OCC(CC)CCCC)cc1. The van der Waals surface area contributed by atoms with Crippen LogP contribution in [0.25, 0.3) is 5.57 Å². The van der Waals surface area contributed by atoms with E-state index >= 15 is 0 Å². The molecule has 1 N–H and O–H groups in total. The summed E-state index contributed by atoms with van der Waals surface area (Å²) in [6, 6.07) is 6.83. The van der Waals surface area contributed by atoms with E-state index in [1.165, 1.54) is 0 Å². The molecular formula is C20H29NO4. The molecule has 5 heteroatoms. The number of carbonyl (C=O) groups excluding carboxylic acids is 2. The van der Waals surface area contributed by atoms with Gasteiger partial charge < -0.3 is 9.47 Å². The van der Waals surface area contributed by atoms with Crippen molar-refractivity contribution < 1.29 is 19.1 Å². The monoisotopic (exact) mass is 347 g/mol. The molecule has 1 aromatic rings. The molecule has 138 valence electrons. The zero-order chi connectivity index (χ0) is 18.7. The lowest BCUT2D eigenvalue weighted by Crippen LogP contribution is -2.18. The fraction of sp³-hybridized carbons (Fsp3) is 0.500. The van der Waals surface area contributed by atoms with Crippen LogP contribution in [0.3, 0.4) is 0 Å². The second kappa shape index (κ2) is 11.3. The van der Waals surface area contributed by atoms with E-state index in [4.69, 9.17) is 9.47 Å². The highest BCUT2D eigenvalue weighted by Crippen LogP contribution is 2.18. The third-order valence-corrected chi connectivity index (χ3v) is 3.99. The lowest BCUT2D eigenvalue weighted by atomic mass is 10.0. The zero-order valence-electron chi connectivity index (χ0n) is 15.5. The molecule has 0 aliphatic heterocycles. The molecule has 25 heavy (non-hydrogen) atoms. The molecule has 0 saturated heterocycles. The first-order valence-electron chi connectivity index (χ1n) is 8.91. The van der Waals surface area contributed by atoms with Gasteiger partial charge in [0.25, 0.3) is 0 Å². The van der Waals surface area contributed by atoms with Gasteiger partial charge in [0.05, 0.1) is 18.8 Å². The Bertz CT molecular complexity index is 566. The number of nitrogens with one attached hydrogen (secondary N) is 1. The molecular weight excluding hydrogens is 318 g/mol. The van der Waals surface area contributed by atoms with Crippen LogP contribution < -0.4 is 5.32 Å². The number of amides is 1. The summed E-state index contributed by atoms with van der Waals surface area (Å²) in [5.74, 6) is -0.0405. The van der Waals surface area contributed by atoms with Crippen LogP contribution in [-0.4, -0.2) is 25.3 Å². The molecule has 0 aromatic heterocycles. The number of hydrogen-bond acceptors (Lipinski definition) is 4. The molecule has 0 saturated carbocycles. The highest BCUT2D eigenvalue weighted by atomic mass is 16.5. The van der Waals surface area contributed by atoms with E-state index in [0.29, 0.717) is 30.4 Å². The van der Waals surface area contributed by atoms with Gasteiger partial charge in [0.1, 0.15) is 0 Å². The fourth-order valence-corrected chi connectivity index (χ4v) is 2.34. The molecule has 1 amide bonds. The predicted octanol–water partition coefficient (Wildman–Crippen LogP) is 5.03. The van der Waals surface area contributed by atoms with E-state index in [9.17, 15) is 9.59 Å². The van der Waals surface area contributed by atoms with Crippen LogP contribution in [0.5, 0.6) is 0 Å². The lowest BCUT2D eigenvalue weighted by Gasteiger charge is -2.15. The molecule has 0 aliphatic carbocycles. The molecule has 1 atom stereocenters. The number of rotatable bonds is 10. The van der Waals surface area contributed by atoms with Gasteiger partial charge in [-0.2, -0.15) is 0 Å². The molecule has 0 aliphatic rings. The van der Waals surface area contributed by atoms with Crippen LogP contribution in [0.1, 0.15) is 52.0 Å². The number of hydrogen-bond donors (Lipinski definition) is 1. The molecule has 1 unspecified atom stereocenters. The average molecular weight is 347 g/mol. The van der Waals surface area contributed by atoms with Crippen LogP contribution in [0.4, 0.5) is 10.5 Å². The summed E-state index contributed by atoms with van der Waals surface area (Å²) in [4.78, 5) is 23.5. The first-order valence-corrected chi connectivity index (χ1v) is 8.91. The van der Waals surface area contributed by atoms with E-state index in [2.05, 4.69) is 25.7 Å². The summed E-state index contributed by atoms with van der Waals surface area (Å²) < 4.78 is 10.2. The Morgan fingerprint density at radius 1 is 1.12 bits per heavy atom. The fourth-order valence-electron chi connectivity index (χ4n) is 2.34. The van der Waals surface area contributed by atoms with E-state index in [-0.39, 0.29) is 5.57 Å². The molecule has 0 radical (unpaired) electrons. The normalized spacial score (nSPS) is 11.5. The van der Waals surface area contributed by atoms with Gasteiger partial charge in [-0.3, -0.25) is 5.32 Å². The van der Waals surface area contributed by atoms with E-state index in [1.807, 2.05) is 0 Å². The summed E-state index contributed by atoms with van der Waals surface area (Å²) in [6.45, 7) is 10.5. The average Bonchev–Trinajstić information content (AvgIpc) is 2.62. The quantitative estimate of drug-likeness (QED) is 0.476. The molecule has 0 fully saturated rings. The Morgan fingerprint density at radius 2 is 1.80 bits per heavy atom. The van der Waals surface area contributed by atoms with Crippen molar-refractivity contribution in [3.8, 4) is 0 Å². The Labute approximate surface area is 150 Å². The zero-order valence-corrected chi connectivity index (χ0v) is 15.5. The summed E-state index contributed by atoms with van der Waals surface area (Å²) in [5.41, 5.74) is 1.55. The molecule has 1 aromatic carbocycles. The van der Waals surface area contributed by atoms with Gasteiger partial charge >= 0.3 is 12.1 Å². The third kappa shape index (κ3) is 7.42. The van der Waals surface area contributed by atoms with Crippen molar-refractivity contribution in [2.45, 2.75) is 46.5 Å². The van der Waals surface area contributed by atoms with Crippen molar-refractivity contribution in [3.63, 3.8) is 0 Å². The Kier molecular flexibility index (Phi) is 9.37. The maximum absolute atomic E-state index is 11.9. The molecule has 0 spiro atoms. The lowest BCUT2D eigenvalue weighted by molar-refractivity contribution is -0.136. The Hall–Kier alpha value is -2.30. The highest BCUT2D eigenvalue weighted by Gasteiger charge is 2.12. The minimum atomic E-state index is -0.466. The maximum atomic E-state index is 11.9. The van der Waals surface area contributed by atoms with Crippen LogP contribution in [0.15, 0.2) is 30.8 Å². The van der Waals surface area contributed by atoms with Crippen molar-refractivity contribution in [1.29, 1.82) is 0 Å². The number of unbranched alkanes of at least 4 members (excludes halogenated alkanes) is 1.